The van der Waals surface area contributed by atoms with Crippen molar-refractivity contribution in [3.63, 3.8) is 0 Å². The second kappa shape index (κ2) is 6.87. The number of nitrogens with two attached hydrogens (primary N) is 1. The quantitative estimate of drug-likeness (QED) is 0.842. The summed E-state index contributed by atoms with van der Waals surface area (Å²) in [7, 11) is 2.12. The van der Waals surface area contributed by atoms with Gasteiger partial charge in [0.1, 0.15) is 0 Å². The zero-order chi connectivity index (χ0) is 12.8. The van der Waals surface area contributed by atoms with Crippen molar-refractivity contribution in [3.8, 4) is 0 Å². The smallest absolute Gasteiger partial charge is 0.0426 e. The van der Waals surface area contributed by atoms with Crippen molar-refractivity contribution in [2.24, 2.45) is 5.73 Å². The molecule has 0 aliphatic heterocycles. The van der Waals surface area contributed by atoms with Gasteiger partial charge in [0.2, 0.25) is 0 Å². The van der Waals surface area contributed by atoms with Gasteiger partial charge in [-0.3, -0.25) is 0 Å². The van der Waals surface area contributed by atoms with Crippen molar-refractivity contribution in [1.82, 2.24) is 0 Å². The topological polar surface area (TPSA) is 29.3 Å². The molecule has 0 saturated heterocycles. The van der Waals surface area contributed by atoms with Gasteiger partial charge in [-0.25, -0.2) is 0 Å². The lowest BCUT2D eigenvalue weighted by Crippen LogP contribution is -2.23. The van der Waals surface area contributed by atoms with Crippen molar-refractivity contribution >= 4 is 17.3 Å². The molecule has 2 nitrogen and oxygen atoms in total. The van der Waals surface area contributed by atoms with Crippen molar-refractivity contribution < 1.29 is 0 Å². The molecule has 0 spiro atoms. The van der Waals surface area contributed by atoms with Gasteiger partial charge >= 0.3 is 0 Å². The molecule has 3 heteroatoms. The van der Waals surface area contributed by atoms with Crippen molar-refractivity contribution in [2.75, 3.05) is 18.5 Å². The molecular formula is C14H23ClN2. The Kier molecular flexibility index (Phi) is 5.79. The van der Waals surface area contributed by atoms with Crippen LogP contribution in [-0.2, 0) is 6.42 Å². The Morgan fingerprint density at radius 2 is 2.12 bits per heavy atom. The molecule has 1 aromatic rings. The molecule has 0 aromatic heterocycles. The van der Waals surface area contributed by atoms with Crippen LogP contribution in [-0.4, -0.2) is 19.6 Å². The first-order valence-corrected chi connectivity index (χ1v) is 6.67. The van der Waals surface area contributed by atoms with Gasteiger partial charge in [0.05, 0.1) is 0 Å². The summed E-state index contributed by atoms with van der Waals surface area (Å²) in [5.74, 6) is 0. The Labute approximate surface area is 110 Å². The summed E-state index contributed by atoms with van der Waals surface area (Å²) in [6.45, 7) is 5.29. The van der Waals surface area contributed by atoms with Crippen LogP contribution < -0.4 is 10.6 Å². The van der Waals surface area contributed by atoms with Crippen LogP contribution in [0.25, 0.3) is 0 Å². The van der Waals surface area contributed by atoms with Crippen LogP contribution in [0.5, 0.6) is 0 Å². The van der Waals surface area contributed by atoms with Crippen LogP contribution in [0.1, 0.15) is 32.3 Å². The summed E-state index contributed by atoms with van der Waals surface area (Å²) < 4.78 is 0. The van der Waals surface area contributed by atoms with E-state index in [1.54, 1.807) is 0 Å². The molecule has 0 radical (unpaired) electrons. The molecule has 0 amide bonds. The van der Waals surface area contributed by atoms with Crippen LogP contribution in [0, 0.1) is 0 Å². The zero-order valence-electron chi connectivity index (χ0n) is 11.0. The van der Waals surface area contributed by atoms with Crippen LogP contribution in [0.4, 0.5) is 5.69 Å². The molecule has 17 heavy (non-hydrogen) atoms. The fraction of sp³-hybridized carbons (Fsp3) is 0.571. The highest BCUT2D eigenvalue weighted by molar-refractivity contribution is 6.30. The van der Waals surface area contributed by atoms with Gasteiger partial charge in [-0.05, 0) is 37.5 Å². The summed E-state index contributed by atoms with van der Waals surface area (Å²) in [5, 5.41) is 0.789. The maximum Gasteiger partial charge on any atom is 0.0426 e. The molecule has 0 saturated carbocycles. The van der Waals surface area contributed by atoms with Gasteiger partial charge in [0.15, 0.2) is 0 Å². The Morgan fingerprint density at radius 3 is 2.71 bits per heavy atom. The minimum atomic E-state index is 0.175. The number of hydrogen-bond donors (Lipinski definition) is 1. The lowest BCUT2D eigenvalue weighted by atomic mass is 10.0. The van der Waals surface area contributed by atoms with E-state index in [0.29, 0.717) is 0 Å². The highest BCUT2D eigenvalue weighted by atomic mass is 35.5. The van der Waals surface area contributed by atoms with Gasteiger partial charge in [-0.2, -0.15) is 0 Å². The predicted octanol–water partition coefficient (Wildman–Crippen LogP) is 3.47. The average Bonchev–Trinajstić information content (AvgIpc) is 2.27. The fourth-order valence-electron chi connectivity index (χ4n) is 1.93. The number of unbranched alkanes of at least 4 members (excludes halogenated alkanes) is 1. The highest BCUT2D eigenvalue weighted by Crippen LogP contribution is 2.25. The van der Waals surface area contributed by atoms with Crippen LogP contribution in [0.3, 0.4) is 0 Å². The third-order valence-corrected chi connectivity index (χ3v) is 3.08. The lowest BCUT2D eigenvalue weighted by molar-refractivity contribution is 0.726. The molecule has 1 rings (SSSR count). The maximum atomic E-state index is 6.07. The van der Waals surface area contributed by atoms with Crippen LogP contribution in [0.2, 0.25) is 5.02 Å². The van der Waals surface area contributed by atoms with Gasteiger partial charge in [-0.15, -0.1) is 0 Å². The fourth-order valence-corrected chi connectivity index (χ4v) is 2.09. The van der Waals surface area contributed by atoms with E-state index >= 15 is 0 Å². The van der Waals surface area contributed by atoms with Gasteiger partial charge in [0, 0.05) is 30.3 Å². The van der Waals surface area contributed by atoms with Crippen molar-refractivity contribution in [1.29, 1.82) is 0 Å². The first-order chi connectivity index (χ1) is 8.04. The molecule has 0 aliphatic carbocycles. The number of halogens is 1. The average molecular weight is 255 g/mol. The normalized spacial score (nSPS) is 12.5. The molecule has 0 aliphatic rings. The monoisotopic (exact) mass is 254 g/mol. The highest BCUT2D eigenvalue weighted by Gasteiger charge is 2.09. The number of benzene rings is 1. The Bertz CT molecular complexity index is 350. The first kappa shape index (κ1) is 14.3. The number of nitrogens with zero attached hydrogens (tertiary/aromatic N) is 1. The number of rotatable bonds is 6. The van der Waals surface area contributed by atoms with Gasteiger partial charge < -0.3 is 10.6 Å². The lowest BCUT2D eigenvalue weighted by Gasteiger charge is -2.23. The van der Waals surface area contributed by atoms with E-state index in [4.69, 9.17) is 17.3 Å². The van der Waals surface area contributed by atoms with E-state index in [0.717, 1.165) is 18.0 Å². The Morgan fingerprint density at radius 1 is 1.41 bits per heavy atom. The van der Waals surface area contributed by atoms with Gasteiger partial charge in [0.25, 0.3) is 0 Å². The molecule has 96 valence electrons. The molecule has 0 bridgehead atoms. The summed E-state index contributed by atoms with van der Waals surface area (Å²) >= 11 is 6.07. The summed E-state index contributed by atoms with van der Waals surface area (Å²) in [5.41, 5.74) is 8.37. The Balaban J connectivity index is 2.89. The van der Waals surface area contributed by atoms with Gasteiger partial charge in [-0.1, -0.05) is 31.0 Å². The number of anilines is 1. The van der Waals surface area contributed by atoms with Crippen LogP contribution >= 0.6 is 11.6 Å². The zero-order valence-corrected chi connectivity index (χ0v) is 11.8. The molecule has 1 unspecified atom stereocenters. The molecule has 1 aromatic carbocycles. The summed E-state index contributed by atoms with van der Waals surface area (Å²) in [6.07, 6.45) is 3.29. The largest absolute Gasteiger partial charge is 0.374 e. The SMILES string of the molecule is CCCCN(C)c1cc(Cl)ccc1CC(C)N. The Hall–Kier alpha value is -0.730. The van der Waals surface area contributed by atoms with E-state index in [9.17, 15) is 0 Å². The van der Waals surface area contributed by atoms with E-state index in [2.05, 4.69) is 24.9 Å². The molecule has 0 heterocycles. The third-order valence-electron chi connectivity index (χ3n) is 2.85. The minimum Gasteiger partial charge on any atom is -0.374 e. The summed E-state index contributed by atoms with van der Waals surface area (Å²) in [6, 6.07) is 6.24. The molecule has 2 N–H and O–H groups in total. The standard InChI is InChI=1S/C14H23ClN2/c1-4-5-8-17(3)14-10-13(15)7-6-12(14)9-11(2)16/h6-7,10-11H,4-5,8-9,16H2,1-3H3. The molecule has 1 atom stereocenters. The van der Waals surface area contributed by atoms with E-state index in [-0.39, 0.29) is 6.04 Å². The predicted molar refractivity (Wildman–Crippen MR) is 77.0 cm³/mol. The van der Waals surface area contributed by atoms with E-state index < -0.39 is 0 Å². The van der Waals surface area contributed by atoms with E-state index in [1.807, 2.05) is 19.1 Å². The minimum absolute atomic E-state index is 0.175. The van der Waals surface area contributed by atoms with Crippen molar-refractivity contribution in [2.45, 2.75) is 39.2 Å². The third kappa shape index (κ3) is 4.57. The first-order valence-electron chi connectivity index (χ1n) is 6.29. The number of hydrogen-bond acceptors (Lipinski definition) is 2. The maximum absolute atomic E-state index is 6.07. The van der Waals surface area contributed by atoms with Crippen LogP contribution in [0.15, 0.2) is 18.2 Å². The second-order valence-electron chi connectivity index (χ2n) is 4.73. The second-order valence-corrected chi connectivity index (χ2v) is 5.17. The summed E-state index contributed by atoms with van der Waals surface area (Å²) in [4.78, 5) is 2.27. The van der Waals surface area contributed by atoms with E-state index in [1.165, 1.54) is 24.1 Å². The molecular weight excluding hydrogens is 232 g/mol. The van der Waals surface area contributed by atoms with Crippen molar-refractivity contribution in [3.05, 3.63) is 28.8 Å². The molecule has 0 fully saturated rings.